The van der Waals surface area contributed by atoms with Crippen LogP contribution in [0.5, 0.6) is 5.75 Å². The number of hydrogen-bond donors (Lipinski definition) is 1. The molecule has 26 heavy (non-hydrogen) atoms. The van der Waals surface area contributed by atoms with Crippen LogP contribution in [-0.4, -0.2) is 33.1 Å². The van der Waals surface area contributed by atoms with E-state index in [2.05, 4.69) is 0 Å². The highest BCUT2D eigenvalue weighted by Gasteiger charge is 2.26. The largest absolute Gasteiger partial charge is 0.497 e. The number of rotatable bonds is 8. The Labute approximate surface area is 162 Å². The number of halogens is 2. The molecule has 6 nitrogen and oxygen atoms in total. The number of sulfonamides is 1. The molecule has 0 unspecified atom stereocenters. The molecule has 0 bridgehead atoms. The first-order chi connectivity index (χ1) is 12.3. The van der Waals surface area contributed by atoms with E-state index in [1.165, 1.54) is 25.3 Å². The summed E-state index contributed by atoms with van der Waals surface area (Å²) in [6.07, 6.45) is -0.00947. The van der Waals surface area contributed by atoms with Crippen LogP contribution in [-0.2, 0) is 14.8 Å². The van der Waals surface area contributed by atoms with Gasteiger partial charge in [0, 0.05) is 19.0 Å². The summed E-state index contributed by atoms with van der Waals surface area (Å²) in [6.45, 7) is -0.0119. The molecule has 2 aromatic carbocycles. The molecular formula is C17H17Cl2NO5S. The minimum Gasteiger partial charge on any atom is -0.497 e. The van der Waals surface area contributed by atoms with Crippen molar-refractivity contribution in [2.75, 3.05) is 18.0 Å². The number of aliphatic carboxylic acids is 1. The smallest absolute Gasteiger partial charge is 0.303 e. The van der Waals surface area contributed by atoms with E-state index in [0.717, 1.165) is 4.31 Å². The maximum atomic E-state index is 13.1. The molecule has 0 radical (unpaired) electrons. The number of anilines is 1. The fraction of sp³-hybridized carbons (Fsp3) is 0.235. The third-order valence-electron chi connectivity index (χ3n) is 3.57. The summed E-state index contributed by atoms with van der Waals surface area (Å²) in [5.41, 5.74) is 0.362. The summed E-state index contributed by atoms with van der Waals surface area (Å²) in [7, 11) is -2.50. The summed E-state index contributed by atoms with van der Waals surface area (Å²) in [6, 6.07) is 10.5. The van der Waals surface area contributed by atoms with Gasteiger partial charge in [0.05, 0.1) is 27.7 Å². The van der Waals surface area contributed by atoms with Gasteiger partial charge >= 0.3 is 5.97 Å². The fourth-order valence-electron chi connectivity index (χ4n) is 2.29. The molecule has 0 aliphatic carbocycles. The van der Waals surface area contributed by atoms with Crippen LogP contribution in [0.2, 0.25) is 10.0 Å². The van der Waals surface area contributed by atoms with E-state index in [4.69, 9.17) is 33.0 Å². The molecule has 0 saturated heterocycles. The predicted molar refractivity (Wildman–Crippen MR) is 101 cm³/mol. The SMILES string of the molecule is COc1cccc(N(CCCC(=O)O)S(=O)(=O)c2ccc(Cl)c(Cl)c2)c1. The van der Waals surface area contributed by atoms with Crippen molar-refractivity contribution in [3.8, 4) is 5.75 Å². The van der Waals surface area contributed by atoms with E-state index >= 15 is 0 Å². The van der Waals surface area contributed by atoms with Gasteiger partial charge in [-0.15, -0.1) is 0 Å². The first-order valence-corrected chi connectivity index (χ1v) is 9.79. The van der Waals surface area contributed by atoms with Crippen LogP contribution < -0.4 is 9.04 Å². The molecule has 2 aromatic rings. The normalized spacial score (nSPS) is 11.2. The first-order valence-electron chi connectivity index (χ1n) is 7.59. The van der Waals surface area contributed by atoms with E-state index in [9.17, 15) is 13.2 Å². The van der Waals surface area contributed by atoms with Gasteiger partial charge in [0.15, 0.2) is 0 Å². The molecule has 0 saturated carbocycles. The highest BCUT2D eigenvalue weighted by Crippen LogP contribution is 2.30. The number of methoxy groups -OCH3 is 1. The number of nitrogens with zero attached hydrogens (tertiary/aromatic N) is 1. The lowest BCUT2D eigenvalue weighted by molar-refractivity contribution is -0.137. The van der Waals surface area contributed by atoms with E-state index in [1.54, 1.807) is 24.3 Å². The summed E-state index contributed by atoms with van der Waals surface area (Å²) in [4.78, 5) is 10.8. The number of carbonyl (C=O) groups is 1. The number of carboxylic acids is 1. The first kappa shape index (κ1) is 20.4. The summed E-state index contributed by atoms with van der Waals surface area (Å²) in [5.74, 6) is -0.516. The quantitative estimate of drug-likeness (QED) is 0.699. The maximum Gasteiger partial charge on any atom is 0.303 e. The Bertz CT molecular complexity index is 902. The summed E-state index contributed by atoms with van der Waals surface area (Å²) >= 11 is 11.8. The summed E-state index contributed by atoms with van der Waals surface area (Å²) in [5, 5.41) is 9.20. The number of ether oxygens (including phenoxy) is 1. The van der Waals surface area contributed by atoms with Crippen LogP contribution in [0.1, 0.15) is 12.8 Å². The van der Waals surface area contributed by atoms with Gasteiger partial charge in [0.1, 0.15) is 5.75 Å². The van der Waals surface area contributed by atoms with Crippen LogP contribution in [0, 0.1) is 0 Å². The molecule has 0 fully saturated rings. The van der Waals surface area contributed by atoms with Gasteiger partial charge in [-0.3, -0.25) is 9.10 Å². The minimum absolute atomic E-state index is 0.0119. The highest BCUT2D eigenvalue weighted by molar-refractivity contribution is 7.92. The van der Waals surface area contributed by atoms with Crippen molar-refractivity contribution in [1.82, 2.24) is 0 Å². The molecule has 0 aliphatic heterocycles. The summed E-state index contributed by atoms with van der Waals surface area (Å²) < 4.78 is 32.5. The van der Waals surface area contributed by atoms with Crippen molar-refractivity contribution in [3.63, 3.8) is 0 Å². The maximum absolute atomic E-state index is 13.1. The van der Waals surface area contributed by atoms with Crippen molar-refractivity contribution in [2.24, 2.45) is 0 Å². The minimum atomic E-state index is -3.97. The van der Waals surface area contributed by atoms with Gasteiger partial charge in [-0.05, 0) is 36.8 Å². The second kappa shape index (κ2) is 8.62. The van der Waals surface area contributed by atoms with Crippen molar-refractivity contribution < 1.29 is 23.1 Å². The number of hydrogen-bond acceptors (Lipinski definition) is 4. The lowest BCUT2D eigenvalue weighted by Crippen LogP contribution is -2.32. The third-order valence-corrected chi connectivity index (χ3v) is 6.13. The lowest BCUT2D eigenvalue weighted by Gasteiger charge is -2.25. The molecule has 0 atom stereocenters. The molecule has 9 heteroatoms. The molecule has 140 valence electrons. The highest BCUT2D eigenvalue weighted by atomic mass is 35.5. The van der Waals surface area contributed by atoms with Gasteiger partial charge in [0.25, 0.3) is 10.0 Å². The van der Waals surface area contributed by atoms with Crippen LogP contribution in [0.15, 0.2) is 47.4 Å². The fourth-order valence-corrected chi connectivity index (χ4v) is 4.18. The van der Waals surface area contributed by atoms with Crippen LogP contribution in [0.4, 0.5) is 5.69 Å². The average Bonchev–Trinajstić information content (AvgIpc) is 2.60. The molecule has 0 amide bonds. The van der Waals surface area contributed by atoms with Crippen LogP contribution >= 0.6 is 23.2 Å². The average molecular weight is 418 g/mol. The van der Waals surface area contributed by atoms with E-state index in [1.807, 2.05) is 0 Å². The lowest BCUT2D eigenvalue weighted by atomic mass is 10.2. The predicted octanol–water partition coefficient (Wildman–Crippen LogP) is 4.06. The van der Waals surface area contributed by atoms with Gasteiger partial charge in [-0.2, -0.15) is 0 Å². The van der Waals surface area contributed by atoms with Gasteiger partial charge in [0.2, 0.25) is 0 Å². The monoisotopic (exact) mass is 417 g/mol. The third kappa shape index (κ3) is 4.81. The molecule has 0 aromatic heterocycles. The number of benzene rings is 2. The number of carboxylic acid groups (broad SMARTS) is 1. The molecule has 0 aliphatic rings. The Morgan fingerprint density at radius 2 is 1.88 bits per heavy atom. The second-order valence-electron chi connectivity index (χ2n) is 5.35. The zero-order chi connectivity index (χ0) is 19.3. The van der Waals surface area contributed by atoms with Crippen LogP contribution in [0.25, 0.3) is 0 Å². The van der Waals surface area contributed by atoms with Gasteiger partial charge in [-0.25, -0.2) is 8.42 Å². The Kier molecular flexibility index (Phi) is 6.75. The zero-order valence-electron chi connectivity index (χ0n) is 13.9. The Morgan fingerprint density at radius 1 is 1.15 bits per heavy atom. The Hall–Kier alpha value is -1.96. The van der Waals surface area contributed by atoms with Crippen molar-refractivity contribution in [3.05, 3.63) is 52.5 Å². The molecule has 0 heterocycles. The Balaban J connectivity index is 2.46. The second-order valence-corrected chi connectivity index (χ2v) is 8.03. The van der Waals surface area contributed by atoms with E-state index in [-0.39, 0.29) is 34.3 Å². The van der Waals surface area contributed by atoms with Crippen molar-refractivity contribution >= 4 is 44.9 Å². The van der Waals surface area contributed by atoms with E-state index < -0.39 is 16.0 Å². The molecule has 1 N–H and O–H groups in total. The Morgan fingerprint density at radius 3 is 2.50 bits per heavy atom. The van der Waals surface area contributed by atoms with E-state index in [0.29, 0.717) is 11.4 Å². The van der Waals surface area contributed by atoms with Crippen molar-refractivity contribution in [2.45, 2.75) is 17.7 Å². The molecular weight excluding hydrogens is 401 g/mol. The standard InChI is InChI=1S/C17H17Cl2NO5S/c1-25-13-5-2-4-12(10-13)20(9-3-6-17(21)22)26(23,24)14-7-8-15(18)16(19)11-14/h2,4-5,7-8,10-11H,3,6,9H2,1H3,(H,21,22). The zero-order valence-corrected chi connectivity index (χ0v) is 16.2. The molecule has 0 spiro atoms. The van der Waals surface area contributed by atoms with Gasteiger partial charge < -0.3 is 9.84 Å². The topological polar surface area (TPSA) is 83.9 Å². The molecule has 2 rings (SSSR count). The van der Waals surface area contributed by atoms with Crippen molar-refractivity contribution in [1.29, 1.82) is 0 Å². The van der Waals surface area contributed by atoms with Gasteiger partial charge in [-0.1, -0.05) is 29.3 Å². The van der Waals surface area contributed by atoms with Crippen LogP contribution in [0.3, 0.4) is 0 Å².